The largest absolute Gasteiger partial charge is 0.455 e. The molecular weight excluding hydrogens is 943 g/mol. The van der Waals surface area contributed by atoms with Gasteiger partial charge in [-0.05, 0) is 143 Å². The van der Waals surface area contributed by atoms with Crippen molar-refractivity contribution in [3.8, 4) is 77.9 Å². The highest BCUT2D eigenvalue weighted by atomic mass is 16.3. The number of hydrogen-bond donors (Lipinski definition) is 0. The van der Waals surface area contributed by atoms with Gasteiger partial charge in [0.25, 0.3) is 0 Å². The average Bonchev–Trinajstić information content (AvgIpc) is 2.60. The molecule has 1 aromatic heterocycles. The molecule has 16 rings (SSSR count). The van der Waals surface area contributed by atoms with Gasteiger partial charge in [0.05, 0.1) is 5.41 Å². The van der Waals surface area contributed by atoms with Crippen molar-refractivity contribution in [2.45, 2.75) is 24.7 Å². The molecule has 1 heterocycles. The monoisotopic (exact) mass is 993 g/mol. The van der Waals surface area contributed by atoms with E-state index in [1.54, 1.807) is 0 Å². The lowest BCUT2D eigenvalue weighted by atomic mass is 9.70. The molecule has 2 nitrogen and oxygen atoms in total. The van der Waals surface area contributed by atoms with Crippen LogP contribution in [0.1, 0.15) is 47.2 Å². The van der Waals surface area contributed by atoms with Crippen LogP contribution in [0, 0.1) is 0 Å². The van der Waals surface area contributed by atoms with Crippen LogP contribution in [0.5, 0.6) is 0 Å². The fraction of sp³-hybridized carbons (Fsp3) is 0.0526. The SMILES string of the molecule is CC1(C)c2ccccc2-c2ccc(N(c3ccc(-c4ccccc4)cc3)c3ccc(-c4cccc5c4oc4c(-c6cccc7c6-c6ccccc6C76c7ccccc7-c7ccc(-c8ccccc8)cc76)cccc45)cc3)cc21. The first kappa shape index (κ1) is 44.5. The van der Waals surface area contributed by atoms with Gasteiger partial charge in [-0.25, -0.2) is 0 Å². The number of fused-ring (bicyclic) bond motifs is 16. The molecule has 3 aliphatic carbocycles. The van der Waals surface area contributed by atoms with Crippen LogP contribution in [0.3, 0.4) is 0 Å². The number of furan rings is 1. The van der Waals surface area contributed by atoms with E-state index in [1.807, 2.05) is 0 Å². The van der Waals surface area contributed by atoms with Crippen LogP contribution in [0.25, 0.3) is 99.8 Å². The maximum absolute atomic E-state index is 7.31. The highest BCUT2D eigenvalue weighted by molar-refractivity contribution is 6.14. The highest BCUT2D eigenvalue weighted by Crippen LogP contribution is 2.65. The minimum Gasteiger partial charge on any atom is -0.455 e. The number of anilines is 3. The molecule has 0 N–H and O–H groups in total. The average molecular weight is 994 g/mol. The molecule has 0 saturated carbocycles. The van der Waals surface area contributed by atoms with E-state index >= 15 is 0 Å². The molecule has 1 atom stereocenters. The molecule has 1 unspecified atom stereocenters. The predicted octanol–water partition coefficient (Wildman–Crippen LogP) is 20.4. The summed E-state index contributed by atoms with van der Waals surface area (Å²) in [5.41, 5.74) is 29.5. The van der Waals surface area contributed by atoms with Crippen LogP contribution in [0.4, 0.5) is 17.1 Å². The van der Waals surface area contributed by atoms with Crippen molar-refractivity contribution in [2.75, 3.05) is 4.90 Å². The Hall–Kier alpha value is -9.76. The first-order valence-electron chi connectivity index (χ1n) is 27.2. The Bertz CT molecular complexity index is 4560. The lowest BCUT2D eigenvalue weighted by Crippen LogP contribution is -2.25. The van der Waals surface area contributed by atoms with E-state index in [0.29, 0.717) is 0 Å². The molecule has 366 valence electrons. The van der Waals surface area contributed by atoms with E-state index < -0.39 is 5.41 Å². The second-order valence-electron chi connectivity index (χ2n) is 21.9. The van der Waals surface area contributed by atoms with Gasteiger partial charge in [-0.3, -0.25) is 0 Å². The van der Waals surface area contributed by atoms with Gasteiger partial charge in [0.1, 0.15) is 11.2 Å². The molecule has 12 aromatic carbocycles. The molecule has 0 aliphatic heterocycles. The summed E-state index contributed by atoms with van der Waals surface area (Å²) in [6.07, 6.45) is 0. The Morgan fingerprint density at radius 3 is 1.40 bits per heavy atom. The zero-order valence-electron chi connectivity index (χ0n) is 43.3. The summed E-state index contributed by atoms with van der Waals surface area (Å²) in [7, 11) is 0. The lowest BCUT2D eigenvalue weighted by Gasteiger charge is -2.31. The maximum Gasteiger partial charge on any atom is 0.143 e. The first-order valence-corrected chi connectivity index (χ1v) is 27.2. The summed E-state index contributed by atoms with van der Waals surface area (Å²) >= 11 is 0. The van der Waals surface area contributed by atoms with Gasteiger partial charge in [0.2, 0.25) is 0 Å². The highest BCUT2D eigenvalue weighted by Gasteiger charge is 2.52. The zero-order chi connectivity index (χ0) is 51.7. The van der Waals surface area contributed by atoms with Gasteiger partial charge in [0, 0.05) is 44.4 Å². The fourth-order valence-electron chi connectivity index (χ4n) is 14.0. The molecule has 13 aromatic rings. The van der Waals surface area contributed by atoms with E-state index in [9.17, 15) is 0 Å². The summed E-state index contributed by atoms with van der Waals surface area (Å²) in [5.74, 6) is 0. The van der Waals surface area contributed by atoms with Crippen LogP contribution < -0.4 is 4.90 Å². The van der Waals surface area contributed by atoms with E-state index in [0.717, 1.165) is 55.7 Å². The van der Waals surface area contributed by atoms with Crippen molar-refractivity contribution < 1.29 is 4.42 Å². The van der Waals surface area contributed by atoms with Crippen molar-refractivity contribution in [3.05, 3.63) is 306 Å². The zero-order valence-corrected chi connectivity index (χ0v) is 43.3. The summed E-state index contributed by atoms with van der Waals surface area (Å²) in [4.78, 5) is 2.40. The van der Waals surface area contributed by atoms with Crippen molar-refractivity contribution in [1.82, 2.24) is 0 Å². The number of para-hydroxylation sites is 2. The summed E-state index contributed by atoms with van der Waals surface area (Å²) in [6.45, 7) is 4.71. The molecule has 0 radical (unpaired) electrons. The van der Waals surface area contributed by atoms with Crippen molar-refractivity contribution >= 4 is 39.0 Å². The minimum absolute atomic E-state index is 0.130. The topological polar surface area (TPSA) is 16.4 Å². The van der Waals surface area contributed by atoms with E-state index in [2.05, 4.69) is 292 Å². The Morgan fingerprint density at radius 1 is 0.269 bits per heavy atom. The molecule has 0 bridgehead atoms. The predicted molar refractivity (Wildman–Crippen MR) is 324 cm³/mol. The molecule has 1 spiro atoms. The third kappa shape index (κ3) is 6.32. The second-order valence-corrected chi connectivity index (χ2v) is 21.9. The van der Waals surface area contributed by atoms with Crippen LogP contribution in [-0.2, 0) is 10.8 Å². The Labute approximate surface area is 454 Å². The molecule has 2 heteroatoms. The van der Waals surface area contributed by atoms with Crippen molar-refractivity contribution in [3.63, 3.8) is 0 Å². The van der Waals surface area contributed by atoms with Gasteiger partial charge in [-0.15, -0.1) is 0 Å². The molecule has 0 saturated heterocycles. The van der Waals surface area contributed by atoms with Gasteiger partial charge < -0.3 is 9.32 Å². The molecule has 78 heavy (non-hydrogen) atoms. The number of hydrogen-bond acceptors (Lipinski definition) is 2. The fourth-order valence-corrected chi connectivity index (χ4v) is 14.0. The lowest BCUT2D eigenvalue weighted by molar-refractivity contribution is 0.660. The first-order chi connectivity index (χ1) is 38.4. The quantitative estimate of drug-likeness (QED) is 0.158. The molecular formula is C76H51NO. The van der Waals surface area contributed by atoms with E-state index in [-0.39, 0.29) is 5.41 Å². The third-order valence-corrected chi connectivity index (χ3v) is 17.5. The number of rotatable bonds is 7. The summed E-state index contributed by atoms with van der Waals surface area (Å²) in [5, 5.41) is 2.21. The Kier molecular flexibility index (Phi) is 9.63. The van der Waals surface area contributed by atoms with Gasteiger partial charge in [0.15, 0.2) is 0 Å². The normalized spacial score (nSPS) is 14.9. The summed E-state index contributed by atoms with van der Waals surface area (Å²) < 4.78 is 7.31. The summed E-state index contributed by atoms with van der Waals surface area (Å²) in [6, 6.07) is 101. The van der Waals surface area contributed by atoms with Crippen molar-refractivity contribution in [1.29, 1.82) is 0 Å². The maximum atomic E-state index is 7.31. The van der Waals surface area contributed by atoms with Gasteiger partial charge in [-0.1, -0.05) is 244 Å². The minimum atomic E-state index is -0.496. The standard InChI is InChI=1S/C76H51NO/c1-75(2)66-30-12-9-22-57(66)59-45-43-55(47-70(59)75)77(53-39-34-50(35-40-53)48-18-5-3-6-19-48)54-41-36-51(37-42-54)56-25-15-28-63-64-29-16-27-62(74(64)78-73(56)63)61-26-17-33-69-72(61)65-24-11-14-32-68(65)76(69)67-31-13-10-23-58(67)60-44-38-52(46-71(60)76)49-20-7-4-8-21-49/h3-47H,1-2H3. The third-order valence-electron chi connectivity index (χ3n) is 17.5. The Morgan fingerprint density at radius 2 is 0.705 bits per heavy atom. The number of nitrogens with zero attached hydrogens (tertiary/aromatic N) is 1. The van der Waals surface area contributed by atoms with Crippen LogP contribution in [0.2, 0.25) is 0 Å². The van der Waals surface area contributed by atoms with Crippen LogP contribution >= 0.6 is 0 Å². The van der Waals surface area contributed by atoms with Crippen LogP contribution in [0.15, 0.2) is 277 Å². The smallest absolute Gasteiger partial charge is 0.143 e. The number of benzene rings is 12. The van der Waals surface area contributed by atoms with Gasteiger partial charge in [-0.2, -0.15) is 0 Å². The molecule has 3 aliphatic rings. The molecule has 0 fully saturated rings. The second kappa shape index (κ2) is 16.9. The van der Waals surface area contributed by atoms with Crippen molar-refractivity contribution in [2.24, 2.45) is 0 Å². The van der Waals surface area contributed by atoms with Gasteiger partial charge >= 0.3 is 0 Å². The van der Waals surface area contributed by atoms with Crippen LogP contribution in [-0.4, -0.2) is 0 Å². The Balaban J connectivity index is 0.822. The van der Waals surface area contributed by atoms with E-state index in [4.69, 9.17) is 4.42 Å². The van der Waals surface area contributed by atoms with E-state index in [1.165, 1.54) is 94.6 Å². The molecule has 0 amide bonds.